The van der Waals surface area contributed by atoms with Crippen LogP contribution in [0.15, 0.2) is 12.1 Å². The van der Waals surface area contributed by atoms with Gasteiger partial charge in [0.05, 0.1) is 8.49 Å². The molecule has 0 amide bonds. The molecule has 0 aliphatic rings. The molecule has 0 fully saturated rings. The number of nitrogens with zero attached hydrogens (tertiary/aromatic N) is 1. The second-order valence-electron chi connectivity index (χ2n) is 3.77. The molecule has 1 aromatic carbocycles. The minimum Gasteiger partial charge on any atom is -0.258 e. The molecule has 0 heterocycles. The van der Waals surface area contributed by atoms with Crippen LogP contribution in [-0.4, -0.2) is 10.3 Å². The maximum Gasteiger partial charge on any atom is 0.274 e. The number of halogens is 3. The molecule has 0 saturated heterocycles. The van der Waals surface area contributed by atoms with Gasteiger partial charge in [0, 0.05) is 22.9 Å². The van der Waals surface area contributed by atoms with E-state index in [-0.39, 0.29) is 20.6 Å². The molecule has 0 radical (unpaired) electrons. The van der Waals surface area contributed by atoms with Gasteiger partial charge in [-0.2, -0.15) is 0 Å². The Morgan fingerprint density at radius 2 is 2.18 bits per heavy atom. The first-order valence-electron chi connectivity index (χ1n) is 5.15. The molecule has 0 spiro atoms. The average Bonchev–Trinajstić information content (AvgIpc) is 2.22. The Morgan fingerprint density at radius 1 is 1.59 bits per heavy atom. The Labute approximate surface area is 118 Å². The third-order valence-electron chi connectivity index (χ3n) is 2.66. The van der Waals surface area contributed by atoms with Crippen molar-refractivity contribution in [3.8, 4) is 0 Å². The second kappa shape index (κ2) is 5.95. The van der Waals surface area contributed by atoms with Gasteiger partial charge in [0.2, 0.25) is 0 Å². The number of hydrogen-bond acceptors (Lipinski definition) is 2. The molecule has 94 valence electrons. The van der Waals surface area contributed by atoms with E-state index >= 15 is 0 Å². The minimum atomic E-state index is -0.487. The second-order valence-corrected chi connectivity index (χ2v) is 5.63. The lowest BCUT2D eigenvalue weighted by Crippen LogP contribution is -2.11. The van der Waals surface area contributed by atoms with Gasteiger partial charge in [0.1, 0.15) is 5.82 Å². The molecular formula is C11H12ClFINO2. The van der Waals surface area contributed by atoms with Crippen LogP contribution in [0.5, 0.6) is 0 Å². The van der Waals surface area contributed by atoms with Gasteiger partial charge in [-0.1, -0.05) is 6.92 Å². The zero-order chi connectivity index (χ0) is 13.2. The fourth-order valence-corrected chi connectivity index (χ4v) is 2.56. The molecule has 0 aliphatic carbocycles. The van der Waals surface area contributed by atoms with Gasteiger partial charge in [-0.05, 0) is 42.0 Å². The fraction of sp³-hybridized carbons (Fsp3) is 0.455. The molecule has 0 bridgehead atoms. The molecule has 17 heavy (non-hydrogen) atoms. The highest BCUT2D eigenvalue weighted by molar-refractivity contribution is 14.1. The van der Waals surface area contributed by atoms with Crippen molar-refractivity contribution in [1.29, 1.82) is 0 Å². The van der Waals surface area contributed by atoms with E-state index in [1.54, 1.807) is 29.5 Å². The van der Waals surface area contributed by atoms with Crippen LogP contribution in [-0.2, 0) is 0 Å². The Kier molecular flexibility index (Phi) is 5.12. The van der Waals surface area contributed by atoms with Gasteiger partial charge in [-0.15, -0.1) is 11.6 Å². The predicted molar refractivity (Wildman–Crippen MR) is 74.1 cm³/mol. The number of rotatable bonds is 4. The van der Waals surface area contributed by atoms with Crippen LogP contribution >= 0.6 is 34.2 Å². The summed E-state index contributed by atoms with van der Waals surface area (Å²) >= 11 is 7.74. The number of hydrogen-bond donors (Lipinski definition) is 0. The van der Waals surface area contributed by atoms with Crippen LogP contribution < -0.4 is 0 Å². The number of benzene rings is 1. The van der Waals surface area contributed by atoms with Crippen molar-refractivity contribution in [3.63, 3.8) is 0 Å². The molecule has 6 heteroatoms. The lowest BCUT2D eigenvalue weighted by Gasteiger charge is -2.18. The summed E-state index contributed by atoms with van der Waals surface area (Å²) in [7, 11) is 0. The van der Waals surface area contributed by atoms with Crippen LogP contribution in [0.25, 0.3) is 0 Å². The summed E-state index contributed by atoms with van der Waals surface area (Å²) in [5, 5.41) is 10.7. The zero-order valence-corrected chi connectivity index (χ0v) is 12.3. The summed E-state index contributed by atoms with van der Waals surface area (Å²) in [6.07, 6.45) is 0.630. The van der Waals surface area contributed by atoms with Crippen molar-refractivity contribution in [1.82, 2.24) is 0 Å². The summed E-state index contributed by atoms with van der Waals surface area (Å²) in [5.41, 5.74) is 0.313. The Balaban J connectivity index is 3.39. The van der Waals surface area contributed by atoms with E-state index in [1.807, 2.05) is 6.92 Å². The standard InChI is InChI=1S/C11H12ClFINO2/c1-3-7(6(2)12)8-4-9(13)10(14)5-11(8)15(16)17/h4-7H,3H2,1-2H3. The van der Waals surface area contributed by atoms with Gasteiger partial charge >= 0.3 is 0 Å². The molecule has 0 saturated carbocycles. The van der Waals surface area contributed by atoms with Crippen molar-refractivity contribution in [2.45, 2.75) is 31.6 Å². The lowest BCUT2D eigenvalue weighted by molar-refractivity contribution is -0.385. The smallest absolute Gasteiger partial charge is 0.258 e. The normalized spacial score (nSPS) is 14.4. The molecule has 2 unspecified atom stereocenters. The minimum absolute atomic E-state index is 0.0600. The Bertz CT molecular complexity index is 440. The highest BCUT2D eigenvalue weighted by atomic mass is 127. The largest absolute Gasteiger partial charge is 0.274 e. The van der Waals surface area contributed by atoms with E-state index in [0.717, 1.165) is 0 Å². The zero-order valence-electron chi connectivity index (χ0n) is 9.41. The summed E-state index contributed by atoms with van der Waals surface area (Å²) in [5.74, 6) is -0.662. The topological polar surface area (TPSA) is 43.1 Å². The van der Waals surface area contributed by atoms with Crippen molar-refractivity contribution in [3.05, 3.63) is 37.2 Å². The van der Waals surface area contributed by atoms with Gasteiger partial charge in [0.15, 0.2) is 0 Å². The molecule has 1 rings (SSSR count). The highest BCUT2D eigenvalue weighted by Crippen LogP contribution is 2.35. The first kappa shape index (κ1) is 14.6. The maximum absolute atomic E-state index is 13.5. The van der Waals surface area contributed by atoms with Crippen LogP contribution in [0.1, 0.15) is 31.7 Å². The number of nitro groups is 1. The van der Waals surface area contributed by atoms with Gasteiger partial charge in [-0.3, -0.25) is 10.1 Å². The van der Waals surface area contributed by atoms with Crippen molar-refractivity contribution in [2.75, 3.05) is 0 Å². The fourth-order valence-electron chi connectivity index (χ4n) is 1.80. The molecule has 3 nitrogen and oxygen atoms in total. The number of nitro benzene ring substituents is 1. The van der Waals surface area contributed by atoms with Crippen LogP contribution in [0.2, 0.25) is 0 Å². The summed E-state index contributed by atoms with van der Waals surface area (Å²) in [4.78, 5) is 10.5. The van der Waals surface area contributed by atoms with E-state index in [2.05, 4.69) is 0 Å². The van der Waals surface area contributed by atoms with Crippen molar-refractivity contribution >= 4 is 39.9 Å². The summed E-state index contributed by atoms with van der Waals surface area (Å²) in [6.45, 7) is 3.64. The highest BCUT2D eigenvalue weighted by Gasteiger charge is 2.26. The Hall–Kier alpha value is -0.430. The molecule has 2 atom stereocenters. The van der Waals surface area contributed by atoms with E-state index in [9.17, 15) is 14.5 Å². The first-order valence-corrected chi connectivity index (χ1v) is 6.67. The van der Waals surface area contributed by atoms with Crippen LogP contribution in [0.4, 0.5) is 10.1 Å². The monoisotopic (exact) mass is 371 g/mol. The molecular weight excluding hydrogens is 359 g/mol. The molecule has 0 aromatic heterocycles. The van der Waals surface area contributed by atoms with E-state index in [1.165, 1.54) is 12.1 Å². The summed E-state index contributed by atoms with van der Waals surface area (Å²) in [6, 6.07) is 2.49. The third kappa shape index (κ3) is 3.28. The summed E-state index contributed by atoms with van der Waals surface area (Å²) < 4.78 is 13.8. The average molecular weight is 372 g/mol. The SMILES string of the molecule is CCC(c1cc(F)c(I)cc1[N+](=O)[O-])C(C)Cl. The first-order chi connectivity index (χ1) is 7.88. The van der Waals surface area contributed by atoms with E-state index in [4.69, 9.17) is 11.6 Å². The van der Waals surface area contributed by atoms with E-state index in [0.29, 0.717) is 12.0 Å². The van der Waals surface area contributed by atoms with Crippen LogP contribution in [0, 0.1) is 19.5 Å². The van der Waals surface area contributed by atoms with Gasteiger partial charge < -0.3 is 0 Å². The van der Waals surface area contributed by atoms with Gasteiger partial charge in [0.25, 0.3) is 5.69 Å². The van der Waals surface area contributed by atoms with Gasteiger partial charge in [-0.25, -0.2) is 4.39 Å². The van der Waals surface area contributed by atoms with Crippen LogP contribution in [0.3, 0.4) is 0 Å². The molecule has 1 aromatic rings. The van der Waals surface area contributed by atoms with Crippen molar-refractivity contribution < 1.29 is 9.31 Å². The molecule has 0 N–H and O–H groups in total. The maximum atomic E-state index is 13.5. The third-order valence-corrected chi connectivity index (χ3v) is 3.79. The number of alkyl halides is 1. The molecule has 0 aliphatic heterocycles. The Morgan fingerprint density at radius 3 is 2.59 bits per heavy atom. The quantitative estimate of drug-likeness (QED) is 0.339. The predicted octanol–water partition coefficient (Wildman–Crippen LogP) is 4.46. The van der Waals surface area contributed by atoms with E-state index < -0.39 is 10.7 Å². The van der Waals surface area contributed by atoms with Crippen molar-refractivity contribution in [2.24, 2.45) is 0 Å². The lowest BCUT2D eigenvalue weighted by atomic mass is 9.92.